The van der Waals surface area contributed by atoms with Crippen LogP contribution < -0.4 is 9.80 Å². The zero-order valence-corrected chi connectivity index (χ0v) is 17.8. The van der Waals surface area contributed by atoms with Gasteiger partial charge in [0.25, 0.3) is 0 Å². The molecule has 1 atom stereocenters. The zero-order chi connectivity index (χ0) is 21.6. The number of hydrogen-bond donors (Lipinski definition) is 1. The van der Waals surface area contributed by atoms with Crippen molar-refractivity contribution in [2.45, 2.75) is 38.8 Å². The lowest BCUT2D eigenvalue weighted by Gasteiger charge is -2.37. The third-order valence-electron chi connectivity index (χ3n) is 6.05. The van der Waals surface area contributed by atoms with E-state index in [1.165, 1.54) is 23.1 Å². The molecule has 0 radical (unpaired) electrons. The van der Waals surface area contributed by atoms with E-state index in [9.17, 15) is 8.78 Å². The summed E-state index contributed by atoms with van der Waals surface area (Å²) in [6, 6.07) is 13.6. The minimum atomic E-state index is -0.251. The van der Waals surface area contributed by atoms with Crippen molar-refractivity contribution in [2.24, 2.45) is 0 Å². The highest BCUT2D eigenvalue weighted by Gasteiger charge is 2.32. The van der Waals surface area contributed by atoms with Crippen molar-refractivity contribution in [1.29, 1.82) is 0 Å². The van der Waals surface area contributed by atoms with Crippen LogP contribution in [-0.2, 0) is 6.54 Å². The number of unbranched alkanes of at least 4 members (excludes halogenated alkanes) is 1. The number of nitrogens with one attached hydrogen (secondary N) is 1. The smallest absolute Gasteiger partial charge is 0.209 e. The van der Waals surface area contributed by atoms with Gasteiger partial charge in [-0.25, -0.2) is 13.5 Å². The summed E-state index contributed by atoms with van der Waals surface area (Å²) >= 11 is 0. The molecule has 164 valence electrons. The highest BCUT2D eigenvalue weighted by molar-refractivity contribution is 5.47. The number of anilines is 1. The first-order chi connectivity index (χ1) is 15.2. The number of quaternary nitrogens is 1. The van der Waals surface area contributed by atoms with E-state index in [-0.39, 0.29) is 17.7 Å². The molecule has 3 aromatic rings. The van der Waals surface area contributed by atoms with E-state index >= 15 is 0 Å². The third kappa shape index (κ3) is 5.07. The monoisotopic (exact) mass is 427 g/mol. The Bertz CT molecular complexity index is 966. The van der Waals surface area contributed by atoms with Crippen molar-refractivity contribution in [1.82, 2.24) is 20.2 Å². The van der Waals surface area contributed by atoms with Crippen LogP contribution in [0.4, 0.5) is 14.5 Å². The van der Waals surface area contributed by atoms with Gasteiger partial charge in [0.2, 0.25) is 5.82 Å². The Morgan fingerprint density at radius 2 is 1.77 bits per heavy atom. The molecule has 1 saturated heterocycles. The first-order valence-electron chi connectivity index (χ1n) is 11.0. The Hall–Kier alpha value is -2.87. The molecule has 2 aromatic carbocycles. The van der Waals surface area contributed by atoms with Gasteiger partial charge in [-0.2, -0.15) is 0 Å². The summed E-state index contributed by atoms with van der Waals surface area (Å²) < 4.78 is 29.3. The number of halogens is 2. The molecule has 6 nitrogen and oxygen atoms in total. The molecule has 1 aromatic heterocycles. The molecule has 1 aliphatic rings. The number of para-hydroxylation sites is 1. The average molecular weight is 428 g/mol. The van der Waals surface area contributed by atoms with Gasteiger partial charge in [-0.3, -0.25) is 0 Å². The van der Waals surface area contributed by atoms with E-state index < -0.39 is 0 Å². The van der Waals surface area contributed by atoms with Gasteiger partial charge in [-0.05, 0) is 46.7 Å². The van der Waals surface area contributed by atoms with E-state index in [0.717, 1.165) is 56.8 Å². The van der Waals surface area contributed by atoms with Crippen molar-refractivity contribution in [3.8, 4) is 0 Å². The molecule has 0 saturated carbocycles. The quantitative estimate of drug-likeness (QED) is 0.601. The van der Waals surface area contributed by atoms with Gasteiger partial charge >= 0.3 is 0 Å². The molecule has 4 rings (SSSR count). The molecule has 1 fully saturated rings. The summed E-state index contributed by atoms with van der Waals surface area (Å²) in [4.78, 5) is 3.55. The summed E-state index contributed by atoms with van der Waals surface area (Å²) in [6.07, 6.45) is 3.19. The van der Waals surface area contributed by atoms with Gasteiger partial charge in [-0.1, -0.05) is 37.6 Å². The first kappa shape index (κ1) is 21.4. The van der Waals surface area contributed by atoms with E-state index in [0.29, 0.717) is 12.2 Å². The predicted octanol–water partition coefficient (Wildman–Crippen LogP) is 2.64. The maximum atomic E-state index is 14.2. The molecule has 0 aliphatic carbocycles. The standard InChI is InChI=1S/C23H28F2N6/c1-2-3-7-22(23-26-27-28-31(23)17-18-9-11-19(24)12-10-18)30-15-13-29(14-16-30)21-8-5-4-6-20(21)25/h4-6,8-12,22H,2-3,7,13-17H2,1H3/p+1/t22-/m1/s1. The second-order valence-corrected chi connectivity index (χ2v) is 8.11. The molecule has 1 N–H and O–H groups in total. The van der Waals surface area contributed by atoms with Crippen LogP contribution in [0.15, 0.2) is 48.5 Å². The summed E-state index contributed by atoms with van der Waals surface area (Å²) in [6.45, 7) is 6.07. The van der Waals surface area contributed by atoms with Crippen LogP contribution in [0.1, 0.15) is 43.6 Å². The van der Waals surface area contributed by atoms with Crippen molar-refractivity contribution in [3.63, 3.8) is 0 Å². The van der Waals surface area contributed by atoms with Crippen molar-refractivity contribution in [3.05, 3.63) is 71.6 Å². The highest BCUT2D eigenvalue weighted by atomic mass is 19.1. The Morgan fingerprint density at radius 3 is 2.48 bits per heavy atom. The normalized spacial score (nSPS) is 15.9. The molecule has 0 unspecified atom stereocenters. The summed E-state index contributed by atoms with van der Waals surface area (Å²) in [5.74, 6) is 0.447. The largest absolute Gasteiger partial charge is 0.358 e. The Labute approximate surface area is 181 Å². The maximum Gasteiger partial charge on any atom is 0.209 e. The van der Waals surface area contributed by atoms with Crippen molar-refractivity contribution in [2.75, 3.05) is 31.1 Å². The number of piperazine rings is 1. The fourth-order valence-electron chi connectivity index (χ4n) is 4.35. The Kier molecular flexibility index (Phi) is 6.86. The molecule has 0 bridgehead atoms. The summed E-state index contributed by atoms with van der Waals surface area (Å²) in [7, 11) is 0. The second-order valence-electron chi connectivity index (χ2n) is 8.11. The van der Waals surface area contributed by atoms with Gasteiger partial charge in [-0.15, -0.1) is 5.10 Å². The maximum absolute atomic E-state index is 14.2. The number of aromatic nitrogens is 4. The van der Waals surface area contributed by atoms with Crippen LogP contribution in [-0.4, -0.2) is 46.4 Å². The topological polar surface area (TPSA) is 51.3 Å². The van der Waals surface area contributed by atoms with Gasteiger partial charge in [0.05, 0.1) is 38.4 Å². The summed E-state index contributed by atoms with van der Waals surface area (Å²) in [5.41, 5.74) is 1.64. The Morgan fingerprint density at radius 1 is 1.03 bits per heavy atom. The minimum Gasteiger partial charge on any atom is -0.358 e. The molecule has 2 heterocycles. The fraction of sp³-hybridized carbons (Fsp3) is 0.435. The van der Waals surface area contributed by atoms with Gasteiger partial charge in [0.15, 0.2) is 0 Å². The van der Waals surface area contributed by atoms with Gasteiger partial charge in [0, 0.05) is 6.42 Å². The van der Waals surface area contributed by atoms with E-state index in [2.05, 4.69) is 27.3 Å². The molecule has 1 aliphatic heterocycles. The molecule has 0 spiro atoms. The predicted molar refractivity (Wildman–Crippen MR) is 115 cm³/mol. The first-order valence-corrected chi connectivity index (χ1v) is 11.0. The van der Waals surface area contributed by atoms with Crippen LogP contribution >= 0.6 is 0 Å². The van der Waals surface area contributed by atoms with E-state index in [1.807, 2.05) is 16.8 Å². The fourth-order valence-corrected chi connectivity index (χ4v) is 4.35. The number of benzene rings is 2. The van der Waals surface area contributed by atoms with Crippen LogP contribution in [0.25, 0.3) is 0 Å². The third-order valence-corrected chi connectivity index (χ3v) is 6.05. The van der Waals surface area contributed by atoms with Crippen LogP contribution in [0, 0.1) is 11.6 Å². The number of rotatable bonds is 8. The second kappa shape index (κ2) is 9.96. The molecular formula is C23H29F2N6+. The van der Waals surface area contributed by atoms with E-state index in [1.54, 1.807) is 18.2 Å². The minimum absolute atomic E-state index is 0.170. The van der Waals surface area contributed by atoms with E-state index in [4.69, 9.17) is 0 Å². The number of tetrazole rings is 1. The molecular weight excluding hydrogens is 398 g/mol. The lowest BCUT2D eigenvalue weighted by molar-refractivity contribution is -0.933. The van der Waals surface area contributed by atoms with Crippen LogP contribution in [0.5, 0.6) is 0 Å². The van der Waals surface area contributed by atoms with Crippen molar-refractivity contribution < 1.29 is 13.7 Å². The number of nitrogens with zero attached hydrogens (tertiary/aromatic N) is 5. The molecule has 31 heavy (non-hydrogen) atoms. The lowest BCUT2D eigenvalue weighted by atomic mass is 10.1. The molecule has 0 amide bonds. The summed E-state index contributed by atoms with van der Waals surface area (Å²) in [5, 5.41) is 12.6. The Balaban J connectivity index is 1.49. The SMILES string of the molecule is CCCC[C@H](c1nnnn1Cc1ccc(F)cc1)[NH+]1CCN(c2ccccc2F)CC1. The van der Waals surface area contributed by atoms with Crippen LogP contribution in [0.2, 0.25) is 0 Å². The van der Waals surface area contributed by atoms with Crippen LogP contribution in [0.3, 0.4) is 0 Å². The van der Waals surface area contributed by atoms with Gasteiger partial charge in [0.1, 0.15) is 17.7 Å². The lowest BCUT2D eigenvalue weighted by Crippen LogP contribution is -3.15. The highest BCUT2D eigenvalue weighted by Crippen LogP contribution is 2.20. The number of hydrogen-bond acceptors (Lipinski definition) is 4. The average Bonchev–Trinajstić information content (AvgIpc) is 3.24. The van der Waals surface area contributed by atoms with Crippen molar-refractivity contribution >= 4 is 5.69 Å². The zero-order valence-electron chi connectivity index (χ0n) is 17.8. The van der Waals surface area contributed by atoms with Gasteiger partial charge < -0.3 is 9.80 Å². The molecule has 8 heteroatoms.